The van der Waals surface area contributed by atoms with Gasteiger partial charge in [0.15, 0.2) is 0 Å². The van der Waals surface area contributed by atoms with Crippen LogP contribution in [0.5, 0.6) is 0 Å². The Hall–Kier alpha value is -1.57. The lowest BCUT2D eigenvalue weighted by Gasteiger charge is -1.99. The molecule has 1 aromatic rings. The standard InChI is InChI=1S/C11H10O2Si/c1-2-6-11(12)13-14-9-10-7-4-3-5-8-10/h3-8H,1,9H2. The fraction of sp³-hybridized carbons (Fsp3) is 0.0909. The van der Waals surface area contributed by atoms with Gasteiger partial charge in [0.2, 0.25) is 0 Å². The highest BCUT2D eigenvalue weighted by molar-refractivity contribution is 6.30. The Morgan fingerprint density at radius 2 is 2.21 bits per heavy atom. The first-order chi connectivity index (χ1) is 6.83. The van der Waals surface area contributed by atoms with Gasteiger partial charge in [-0.25, -0.2) is 4.79 Å². The molecule has 1 aromatic carbocycles. The summed E-state index contributed by atoms with van der Waals surface area (Å²) < 4.78 is 4.92. The molecule has 2 radical (unpaired) electrons. The molecule has 0 aliphatic carbocycles. The summed E-state index contributed by atoms with van der Waals surface area (Å²) in [5.41, 5.74) is 3.54. The summed E-state index contributed by atoms with van der Waals surface area (Å²) in [5.74, 6) is -0.380. The lowest BCUT2D eigenvalue weighted by molar-refractivity contribution is -0.128. The van der Waals surface area contributed by atoms with Crippen LogP contribution in [0.3, 0.4) is 0 Å². The molecule has 1 rings (SSSR count). The predicted molar refractivity (Wildman–Crippen MR) is 55.7 cm³/mol. The quantitative estimate of drug-likeness (QED) is 0.422. The summed E-state index contributed by atoms with van der Waals surface area (Å²) in [5, 5.41) is 0. The van der Waals surface area contributed by atoms with Gasteiger partial charge in [0.1, 0.15) is 0 Å². The minimum Gasteiger partial charge on any atom is -0.513 e. The second kappa shape index (κ2) is 5.97. The molecule has 3 heteroatoms. The van der Waals surface area contributed by atoms with E-state index in [0.29, 0.717) is 0 Å². The number of benzene rings is 1. The highest BCUT2D eigenvalue weighted by Gasteiger charge is 1.99. The molecule has 0 fully saturated rings. The van der Waals surface area contributed by atoms with Crippen molar-refractivity contribution in [3.63, 3.8) is 0 Å². The van der Waals surface area contributed by atoms with Gasteiger partial charge in [-0.3, -0.25) is 0 Å². The summed E-state index contributed by atoms with van der Waals surface area (Å²) in [7, 11) is 0.151. The smallest absolute Gasteiger partial charge is 0.325 e. The third-order valence-electron chi connectivity index (χ3n) is 1.51. The molecule has 2 nitrogen and oxygen atoms in total. The molecule has 0 unspecified atom stereocenters. The van der Waals surface area contributed by atoms with E-state index in [0.717, 1.165) is 6.04 Å². The van der Waals surface area contributed by atoms with Gasteiger partial charge in [-0.05, 0) is 5.56 Å². The maximum Gasteiger partial charge on any atom is 0.325 e. The van der Waals surface area contributed by atoms with E-state index in [2.05, 4.69) is 12.3 Å². The first kappa shape index (κ1) is 10.5. The topological polar surface area (TPSA) is 26.3 Å². The summed E-state index contributed by atoms with van der Waals surface area (Å²) in [4.78, 5) is 10.9. The van der Waals surface area contributed by atoms with Crippen LogP contribution in [0.2, 0.25) is 0 Å². The fourth-order valence-corrected chi connectivity index (χ4v) is 1.57. The molecule has 70 valence electrons. The van der Waals surface area contributed by atoms with Crippen molar-refractivity contribution in [2.45, 2.75) is 6.04 Å². The Morgan fingerprint density at radius 1 is 1.50 bits per heavy atom. The van der Waals surface area contributed by atoms with Gasteiger partial charge in [-0.1, -0.05) is 36.9 Å². The summed E-state index contributed by atoms with van der Waals surface area (Å²) in [6, 6.07) is 10.7. The van der Waals surface area contributed by atoms with Gasteiger partial charge >= 0.3 is 15.7 Å². The van der Waals surface area contributed by atoms with E-state index in [9.17, 15) is 4.79 Å². The number of rotatable bonds is 4. The molecule has 0 atom stereocenters. The van der Waals surface area contributed by atoms with Crippen molar-refractivity contribution in [2.75, 3.05) is 0 Å². The van der Waals surface area contributed by atoms with Crippen LogP contribution in [-0.2, 0) is 15.3 Å². The molecule has 0 aliphatic heterocycles. The van der Waals surface area contributed by atoms with E-state index >= 15 is 0 Å². The van der Waals surface area contributed by atoms with Gasteiger partial charge in [0.05, 0.1) is 6.08 Å². The molecule has 0 aliphatic rings. The molecule has 0 N–H and O–H groups in total. The Balaban J connectivity index is 2.29. The van der Waals surface area contributed by atoms with Crippen LogP contribution < -0.4 is 0 Å². The average Bonchev–Trinajstić information content (AvgIpc) is 2.20. The monoisotopic (exact) mass is 202 g/mol. The molecule has 0 spiro atoms. The predicted octanol–water partition coefficient (Wildman–Crippen LogP) is 1.69. The van der Waals surface area contributed by atoms with Crippen LogP contribution in [0.1, 0.15) is 5.56 Å². The number of hydrogen-bond donors (Lipinski definition) is 0. The molecule has 0 bridgehead atoms. The molecular formula is C11H10O2Si. The van der Waals surface area contributed by atoms with E-state index in [4.69, 9.17) is 4.43 Å². The first-order valence-corrected chi connectivity index (χ1v) is 5.28. The van der Waals surface area contributed by atoms with Crippen LogP contribution in [0.4, 0.5) is 0 Å². The van der Waals surface area contributed by atoms with Gasteiger partial charge < -0.3 is 4.43 Å². The van der Waals surface area contributed by atoms with E-state index < -0.39 is 0 Å². The zero-order valence-corrected chi connectivity index (χ0v) is 8.69. The maximum absolute atomic E-state index is 10.9. The summed E-state index contributed by atoms with van der Waals surface area (Å²) in [6.45, 7) is 3.29. The van der Waals surface area contributed by atoms with Gasteiger partial charge in [-0.15, -0.1) is 5.73 Å². The third-order valence-corrected chi connectivity index (χ3v) is 2.41. The Bertz CT molecular complexity index is 340. The molecule has 14 heavy (non-hydrogen) atoms. The summed E-state index contributed by atoms with van der Waals surface area (Å²) in [6.07, 6.45) is 1.19. The van der Waals surface area contributed by atoms with Crippen LogP contribution in [0.25, 0.3) is 0 Å². The van der Waals surface area contributed by atoms with E-state index in [1.807, 2.05) is 30.3 Å². The Labute approximate surface area is 85.8 Å². The van der Waals surface area contributed by atoms with Crippen LogP contribution in [0.15, 0.2) is 48.7 Å². The minimum atomic E-state index is -0.380. The second-order valence-corrected chi connectivity index (χ2v) is 3.42. The van der Waals surface area contributed by atoms with E-state index in [1.165, 1.54) is 11.6 Å². The van der Waals surface area contributed by atoms with Crippen molar-refractivity contribution in [1.29, 1.82) is 0 Å². The Kier molecular flexibility index (Phi) is 4.48. The summed E-state index contributed by atoms with van der Waals surface area (Å²) >= 11 is 0. The van der Waals surface area contributed by atoms with Crippen molar-refractivity contribution < 1.29 is 9.22 Å². The minimum absolute atomic E-state index is 0.151. The highest BCUT2D eigenvalue weighted by atomic mass is 28.2. The van der Waals surface area contributed by atoms with Gasteiger partial charge in [0.25, 0.3) is 0 Å². The van der Waals surface area contributed by atoms with Gasteiger partial charge in [-0.2, -0.15) is 0 Å². The molecule has 0 aromatic heterocycles. The van der Waals surface area contributed by atoms with Crippen LogP contribution in [0, 0.1) is 0 Å². The lowest BCUT2D eigenvalue weighted by Crippen LogP contribution is -2.08. The fourth-order valence-electron chi connectivity index (χ4n) is 0.899. The van der Waals surface area contributed by atoms with Gasteiger partial charge in [0, 0.05) is 6.04 Å². The van der Waals surface area contributed by atoms with Crippen molar-refractivity contribution in [1.82, 2.24) is 0 Å². The van der Waals surface area contributed by atoms with Crippen molar-refractivity contribution in [3.05, 3.63) is 54.3 Å². The first-order valence-electron chi connectivity index (χ1n) is 4.16. The van der Waals surface area contributed by atoms with E-state index in [-0.39, 0.29) is 15.7 Å². The zero-order valence-electron chi connectivity index (χ0n) is 7.69. The number of carbonyl (C=O) groups is 1. The number of hydrogen-bond acceptors (Lipinski definition) is 2. The average molecular weight is 202 g/mol. The van der Waals surface area contributed by atoms with Crippen molar-refractivity contribution in [2.24, 2.45) is 0 Å². The van der Waals surface area contributed by atoms with Crippen molar-refractivity contribution in [3.8, 4) is 0 Å². The Morgan fingerprint density at radius 3 is 2.86 bits per heavy atom. The van der Waals surface area contributed by atoms with Crippen LogP contribution in [-0.4, -0.2) is 15.7 Å². The second-order valence-electron chi connectivity index (χ2n) is 2.58. The SMILES string of the molecule is C=C=CC(=O)O[Si]Cc1ccccc1. The van der Waals surface area contributed by atoms with Crippen molar-refractivity contribution >= 4 is 15.7 Å². The highest BCUT2D eigenvalue weighted by Crippen LogP contribution is 1.98. The van der Waals surface area contributed by atoms with Crippen LogP contribution >= 0.6 is 0 Å². The largest absolute Gasteiger partial charge is 0.513 e. The molecular weight excluding hydrogens is 192 g/mol. The normalized spacial score (nSPS) is 8.86. The molecule has 0 saturated heterocycles. The van der Waals surface area contributed by atoms with E-state index in [1.54, 1.807) is 0 Å². The molecule has 0 heterocycles. The molecule has 0 amide bonds. The third kappa shape index (κ3) is 3.89. The zero-order chi connectivity index (χ0) is 10.2. The lowest BCUT2D eigenvalue weighted by atomic mass is 10.2. The molecule has 0 saturated carbocycles. The maximum atomic E-state index is 10.9. The number of carbonyl (C=O) groups excluding carboxylic acids is 1.